The minimum atomic E-state index is -3.27. The summed E-state index contributed by atoms with van der Waals surface area (Å²) in [6.45, 7) is 0. The lowest BCUT2D eigenvalue weighted by molar-refractivity contribution is 0.102. The number of nitrogens with zero attached hydrogens (tertiary/aromatic N) is 1. The number of rotatable bonds is 3. The Morgan fingerprint density at radius 1 is 1.20 bits per heavy atom. The number of amides is 1. The number of hydrogen-bond acceptors (Lipinski definition) is 4. The molecule has 0 unspecified atom stereocenters. The molecule has 0 aliphatic carbocycles. The van der Waals surface area contributed by atoms with Gasteiger partial charge in [-0.1, -0.05) is 11.6 Å². The number of nitrogens with one attached hydrogen (secondary N) is 1. The van der Waals surface area contributed by atoms with E-state index in [0.717, 1.165) is 6.26 Å². The third kappa shape index (κ3) is 3.55. The van der Waals surface area contributed by atoms with Crippen LogP contribution in [0.4, 0.5) is 5.69 Å². The van der Waals surface area contributed by atoms with Crippen molar-refractivity contribution in [1.29, 1.82) is 0 Å². The molecule has 0 fully saturated rings. The van der Waals surface area contributed by atoms with E-state index in [0.29, 0.717) is 11.3 Å². The first-order valence-electron chi connectivity index (χ1n) is 5.59. The lowest BCUT2D eigenvalue weighted by atomic mass is 10.2. The fourth-order valence-electron chi connectivity index (χ4n) is 1.54. The summed E-state index contributed by atoms with van der Waals surface area (Å²) in [7, 11) is -3.27. The number of carbonyl (C=O) groups is 1. The molecule has 0 aliphatic heterocycles. The summed E-state index contributed by atoms with van der Waals surface area (Å²) < 4.78 is 22.6. The summed E-state index contributed by atoms with van der Waals surface area (Å²) in [5.74, 6) is -0.354. The van der Waals surface area contributed by atoms with Gasteiger partial charge in [0.15, 0.2) is 9.84 Å². The molecule has 2 rings (SSSR count). The van der Waals surface area contributed by atoms with Gasteiger partial charge in [0, 0.05) is 23.7 Å². The first kappa shape index (κ1) is 14.5. The van der Waals surface area contributed by atoms with Crippen molar-refractivity contribution in [2.24, 2.45) is 0 Å². The molecule has 0 spiro atoms. The maximum Gasteiger partial charge on any atom is 0.255 e. The van der Waals surface area contributed by atoms with Crippen LogP contribution in [0.2, 0.25) is 5.15 Å². The van der Waals surface area contributed by atoms with Crippen LogP contribution in [0.1, 0.15) is 10.4 Å². The van der Waals surface area contributed by atoms with E-state index in [1.165, 1.54) is 36.5 Å². The SMILES string of the molecule is CS(=O)(=O)c1ccc(C(=O)Nc2ccnc(Cl)c2)cc1. The molecule has 0 radical (unpaired) electrons. The number of benzene rings is 1. The van der Waals surface area contributed by atoms with Gasteiger partial charge in [0.2, 0.25) is 0 Å². The molecule has 0 aliphatic rings. The van der Waals surface area contributed by atoms with Gasteiger partial charge in [-0.25, -0.2) is 13.4 Å². The second-order valence-corrected chi connectivity index (χ2v) is 6.52. The summed E-state index contributed by atoms with van der Waals surface area (Å²) in [5, 5.41) is 2.92. The van der Waals surface area contributed by atoms with Crippen LogP contribution in [0.5, 0.6) is 0 Å². The Morgan fingerprint density at radius 2 is 1.85 bits per heavy atom. The molecule has 5 nitrogen and oxygen atoms in total. The number of carbonyl (C=O) groups excluding carboxylic acids is 1. The molecule has 2 aromatic rings. The van der Waals surface area contributed by atoms with Gasteiger partial charge in [0.05, 0.1) is 4.90 Å². The van der Waals surface area contributed by atoms with Gasteiger partial charge < -0.3 is 5.32 Å². The lowest BCUT2D eigenvalue weighted by Crippen LogP contribution is -2.12. The van der Waals surface area contributed by atoms with Gasteiger partial charge in [0.1, 0.15) is 5.15 Å². The highest BCUT2D eigenvalue weighted by Gasteiger charge is 2.10. The van der Waals surface area contributed by atoms with E-state index in [-0.39, 0.29) is 16.0 Å². The van der Waals surface area contributed by atoms with Crippen LogP contribution in [0.25, 0.3) is 0 Å². The first-order chi connectivity index (χ1) is 9.36. The van der Waals surface area contributed by atoms with Gasteiger partial charge in [0.25, 0.3) is 5.91 Å². The van der Waals surface area contributed by atoms with Crippen molar-refractivity contribution in [2.75, 3.05) is 11.6 Å². The Balaban J connectivity index is 2.18. The second-order valence-electron chi connectivity index (χ2n) is 4.12. The molecular formula is C13H11ClN2O3S. The average Bonchev–Trinajstić information content (AvgIpc) is 2.38. The summed E-state index contributed by atoms with van der Waals surface area (Å²) in [5.41, 5.74) is 0.868. The summed E-state index contributed by atoms with van der Waals surface area (Å²) in [4.78, 5) is 15.9. The van der Waals surface area contributed by atoms with Crippen molar-refractivity contribution in [2.45, 2.75) is 4.90 Å². The topological polar surface area (TPSA) is 76.1 Å². The zero-order chi connectivity index (χ0) is 14.8. The molecule has 0 saturated carbocycles. The second kappa shape index (κ2) is 5.60. The highest BCUT2D eigenvalue weighted by atomic mass is 35.5. The zero-order valence-electron chi connectivity index (χ0n) is 10.5. The summed E-state index contributed by atoms with van der Waals surface area (Å²) >= 11 is 5.72. The largest absolute Gasteiger partial charge is 0.322 e. The van der Waals surface area contributed by atoms with Crippen LogP contribution in [0, 0.1) is 0 Å². The third-order valence-electron chi connectivity index (χ3n) is 2.53. The summed E-state index contributed by atoms with van der Waals surface area (Å²) in [6, 6.07) is 8.82. The fraction of sp³-hybridized carbons (Fsp3) is 0.0769. The number of sulfone groups is 1. The van der Waals surface area contributed by atoms with Crippen LogP contribution in [-0.2, 0) is 9.84 Å². The molecular weight excluding hydrogens is 300 g/mol. The molecule has 0 bridgehead atoms. The van der Waals surface area contributed by atoms with Crippen molar-refractivity contribution >= 4 is 33.0 Å². The van der Waals surface area contributed by atoms with Crippen molar-refractivity contribution in [3.05, 3.63) is 53.3 Å². The van der Waals surface area contributed by atoms with Crippen LogP contribution in [0.15, 0.2) is 47.5 Å². The van der Waals surface area contributed by atoms with Gasteiger partial charge in [-0.3, -0.25) is 4.79 Å². The predicted octanol–water partition coefficient (Wildman–Crippen LogP) is 2.39. The predicted molar refractivity (Wildman–Crippen MR) is 76.8 cm³/mol. The van der Waals surface area contributed by atoms with Crippen molar-refractivity contribution in [1.82, 2.24) is 4.98 Å². The normalized spacial score (nSPS) is 11.1. The maximum absolute atomic E-state index is 12.0. The maximum atomic E-state index is 12.0. The summed E-state index contributed by atoms with van der Waals surface area (Å²) in [6.07, 6.45) is 2.59. The van der Waals surface area contributed by atoms with E-state index in [2.05, 4.69) is 10.3 Å². The molecule has 1 N–H and O–H groups in total. The number of hydrogen-bond donors (Lipinski definition) is 1. The van der Waals surface area contributed by atoms with Crippen molar-refractivity contribution in [3.63, 3.8) is 0 Å². The van der Waals surface area contributed by atoms with Crippen molar-refractivity contribution in [3.8, 4) is 0 Å². The van der Waals surface area contributed by atoms with Crippen LogP contribution < -0.4 is 5.32 Å². The Labute approximate surface area is 121 Å². The minimum absolute atomic E-state index is 0.168. The molecule has 0 atom stereocenters. The lowest BCUT2D eigenvalue weighted by Gasteiger charge is -2.06. The number of halogens is 1. The van der Waals surface area contributed by atoms with Crippen molar-refractivity contribution < 1.29 is 13.2 Å². The van der Waals surface area contributed by atoms with Crippen LogP contribution in [-0.4, -0.2) is 25.6 Å². The van der Waals surface area contributed by atoms with E-state index >= 15 is 0 Å². The highest BCUT2D eigenvalue weighted by Crippen LogP contribution is 2.15. The van der Waals surface area contributed by atoms with Gasteiger partial charge in [-0.05, 0) is 36.4 Å². The van der Waals surface area contributed by atoms with Crippen LogP contribution >= 0.6 is 11.6 Å². The molecule has 1 heterocycles. The van der Waals surface area contributed by atoms with Gasteiger partial charge >= 0.3 is 0 Å². The smallest absolute Gasteiger partial charge is 0.255 e. The monoisotopic (exact) mass is 310 g/mol. The molecule has 1 amide bonds. The molecule has 1 aromatic heterocycles. The Kier molecular flexibility index (Phi) is 4.06. The zero-order valence-corrected chi connectivity index (χ0v) is 12.1. The minimum Gasteiger partial charge on any atom is -0.322 e. The Morgan fingerprint density at radius 3 is 2.40 bits per heavy atom. The first-order valence-corrected chi connectivity index (χ1v) is 7.86. The van der Waals surface area contributed by atoms with Gasteiger partial charge in [-0.15, -0.1) is 0 Å². The van der Waals surface area contributed by atoms with E-state index < -0.39 is 9.84 Å². The number of aromatic nitrogens is 1. The van der Waals surface area contributed by atoms with E-state index in [4.69, 9.17) is 11.6 Å². The molecule has 104 valence electrons. The molecule has 20 heavy (non-hydrogen) atoms. The van der Waals surface area contributed by atoms with Gasteiger partial charge in [-0.2, -0.15) is 0 Å². The molecule has 0 saturated heterocycles. The third-order valence-corrected chi connectivity index (χ3v) is 3.86. The van der Waals surface area contributed by atoms with E-state index in [1.54, 1.807) is 6.07 Å². The number of anilines is 1. The highest BCUT2D eigenvalue weighted by molar-refractivity contribution is 7.90. The number of pyridine rings is 1. The standard InChI is InChI=1S/C13H11ClN2O3S/c1-20(18,19)11-4-2-9(3-5-11)13(17)16-10-6-7-15-12(14)8-10/h2-8H,1H3,(H,15,16,17). The van der Waals surface area contributed by atoms with Crippen LogP contribution in [0.3, 0.4) is 0 Å². The van der Waals surface area contributed by atoms with E-state index in [9.17, 15) is 13.2 Å². The average molecular weight is 311 g/mol. The fourth-order valence-corrected chi connectivity index (χ4v) is 2.34. The van der Waals surface area contributed by atoms with E-state index in [1.807, 2.05) is 0 Å². The molecule has 1 aromatic carbocycles. The molecule has 7 heteroatoms. The quantitative estimate of drug-likeness (QED) is 0.883. The Bertz CT molecular complexity index is 742. The Hall–Kier alpha value is -1.92.